The van der Waals surface area contributed by atoms with Crippen molar-refractivity contribution in [3.63, 3.8) is 0 Å². The molecule has 0 aliphatic heterocycles. The minimum Gasteiger partial charge on any atom is -0.463 e. The number of benzene rings is 1. The van der Waals surface area contributed by atoms with Crippen LogP contribution in [0, 0.1) is 0 Å². The van der Waals surface area contributed by atoms with Gasteiger partial charge in [0.15, 0.2) is 0 Å². The predicted octanol–water partition coefficient (Wildman–Crippen LogP) is 5.09. The molecule has 1 aliphatic carbocycles. The molecule has 0 unspecified atom stereocenters. The molecule has 1 fully saturated rings. The second kappa shape index (κ2) is 8.02. The molecule has 2 heteroatoms. The zero-order valence-electron chi connectivity index (χ0n) is 13.2. The lowest BCUT2D eigenvalue weighted by molar-refractivity contribution is -0.137. The third-order valence-corrected chi connectivity index (χ3v) is 4.31. The second-order valence-corrected chi connectivity index (χ2v) is 5.89. The predicted molar refractivity (Wildman–Crippen MR) is 87.2 cm³/mol. The SMILES string of the molecule is CCOC(=O)/C=C(/C)c1ccc(C2CCCCCC2)cc1. The molecule has 0 amide bonds. The number of hydrogen-bond donors (Lipinski definition) is 0. The minimum absolute atomic E-state index is 0.261. The van der Waals surface area contributed by atoms with E-state index in [1.54, 1.807) is 6.08 Å². The first kappa shape index (κ1) is 15.8. The number of rotatable bonds is 4. The summed E-state index contributed by atoms with van der Waals surface area (Å²) in [6.45, 7) is 4.20. The van der Waals surface area contributed by atoms with Crippen LogP contribution in [-0.4, -0.2) is 12.6 Å². The first-order valence-corrected chi connectivity index (χ1v) is 8.16. The van der Waals surface area contributed by atoms with Crippen molar-refractivity contribution in [2.24, 2.45) is 0 Å². The molecule has 0 heterocycles. The summed E-state index contributed by atoms with van der Waals surface area (Å²) < 4.78 is 4.95. The number of carbonyl (C=O) groups is 1. The Kier molecular flexibility index (Phi) is 6.04. The number of carbonyl (C=O) groups excluding carboxylic acids is 1. The zero-order valence-corrected chi connectivity index (χ0v) is 13.2. The van der Waals surface area contributed by atoms with E-state index in [2.05, 4.69) is 24.3 Å². The molecule has 21 heavy (non-hydrogen) atoms. The van der Waals surface area contributed by atoms with E-state index >= 15 is 0 Å². The highest BCUT2D eigenvalue weighted by molar-refractivity contribution is 5.90. The third-order valence-electron chi connectivity index (χ3n) is 4.31. The average Bonchev–Trinajstić information content (AvgIpc) is 2.76. The van der Waals surface area contributed by atoms with Gasteiger partial charge in [0.05, 0.1) is 6.61 Å². The van der Waals surface area contributed by atoms with Gasteiger partial charge < -0.3 is 4.74 Å². The van der Waals surface area contributed by atoms with Crippen molar-refractivity contribution >= 4 is 11.5 Å². The van der Waals surface area contributed by atoms with Gasteiger partial charge in [-0.15, -0.1) is 0 Å². The Labute approximate surface area is 128 Å². The molecule has 0 atom stereocenters. The fourth-order valence-corrected chi connectivity index (χ4v) is 3.07. The molecule has 0 bridgehead atoms. The van der Waals surface area contributed by atoms with Crippen molar-refractivity contribution < 1.29 is 9.53 Å². The molecule has 1 aromatic rings. The summed E-state index contributed by atoms with van der Waals surface area (Å²) in [6.07, 6.45) is 9.69. The van der Waals surface area contributed by atoms with E-state index in [1.807, 2.05) is 13.8 Å². The summed E-state index contributed by atoms with van der Waals surface area (Å²) in [4.78, 5) is 11.5. The van der Waals surface area contributed by atoms with Crippen molar-refractivity contribution in [3.8, 4) is 0 Å². The number of ether oxygens (including phenoxy) is 1. The van der Waals surface area contributed by atoms with Crippen molar-refractivity contribution in [1.82, 2.24) is 0 Å². The van der Waals surface area contributed by atoms with Gasteiger partial charge in [-0.1, -0.05) is 49.9 Å². The molecule has 0 radical (unpaired) electrons. The quantitative estimate of drug-likeness (QED) is 0.438. The van der Waals surface area contributed by atoms with Crippen LogP contribution < -0.4 is 0 Å². The molecule has 2 nitrogen and oxygen atoms in total. The van der Waals surface area contributed by atoms with Crippen molar-refractivity contribution in [2.45, 2.75) is 58.3 Å². The van der Waals surface area contributed by atoms with Crippen molar-refractivity contribution in [3.05, 3.63) is 41.5 Å². The van der Waals surface area contributed by atoms with Crippen LogP contribution in [-0.2, 0) is 9.53 Å². The lowest BCUT2D eigenvalue weighted by Crippen LogP contribution is -2.00. The third kappa shape index (κ3) is 4.73. The molecule has 0 aromatic heterocycles. The Balaban J connectivity index is 2.05. The Morgan fingerprint density at radius 2 is 1.76 bits per heavy atom. The second-order valence-electron chi connectivity index (χ2n) is 5.89. The largest absolute Gasteiger partial charge is 0.463 e. The van der Waals surface area contributed by atoms with Crippen molar-refractivity contribution in [1.29, 1.82) is 0 Å². The fraction of sp³-hybridized carbons (Fsp3) is 0.526. The van der Waals surface area contributed by atoms with Crippen LogP contribution in [0.4, 0.5) is 0 Å². The van der Waals surface area contributed by atoms with Gasteiger partial charge in [0.2, 0.25) is 0 Å². The van der Waals surface area contributed by atoms with E-state index < -0.39 is 0 Å². The standard InChI is InChI=1S/C19H26O2/c1-3-21-19(20)14-15(2)16-10-12-18(13-11-16)17-8-6-4-5-7-9-17/h10-14,17H,3-9H2,1-2H3/b15-14-. The van der Waals surface area contributed by atoms with Crippen LogP contribution in [0.1, 0.15) is 69.4 Å². The summed E-state index contributed by atoms with van der Waals surface area (Å²) in [5.74, 6) is 0.457. The number of hydrogen-bond acceptors (Lipinski definition) is 2. The monoisotopic (exact) mass is 286 g/mol. The van der Waals surface area contributed by atoms with E-state index in [4.69, 9.17) is 4.74 Å². The fourth-order valence-electron chi connectivity index (χ4n) is 3.07. The molecule has 0 spiro atoms. The Morgan fingerprint density at radius 3 is 2.33 bits per heavy atom. The molecule has 1 aliphatic rings. The van der Waals surface area contributed by atoms with Gasteiger partial charge >= 0.3 is 5.97 Å². The summed E-state index contributed by atoms with van der Waals surface area (Å²) in [7, 11) is 0. The number of allylic oxidation sites excluding steroid dienone is 1. The maximum Gasteiger partial charge on any atom is 0.331 e. The number of esters is 1. The van der Waals surface area contributed by atoms with E-state index in [0.717, 1.165) is 17.1 Å². The molecular formula is C19H26O2. The summed E-state index contributed by atoms with van der Waals surface area (Å²) in [5.41, 5.74) is 3.51. The van der Waals surface area contributed by atoms with Gasteiger partial charge in [0.25, 0.3) is 0 Å². The van der Waals surface area contributed by atoms with Gasteiger partial charge in [-0.05, 0) is 49.3 Å². The molecule has 0 N–H and O–H groups in total. The molecule has 0 saturated heterocycles. The van der Waals surface area contributed by atoms with E-state index in [0.29, 0.717) is 6.61 Å². The van der Waals surface area contributed by atoms with Crippen LogP contribution in [0.25, 0.3) is 5.57 Å². The maximum atomic E-state index is 11.5. The van der Waals surface area contributed by atoms with Gasteiger partial charge in [-0.3, -0.25) is 0 Å². The van der Waals surface area contributed by atoms with Crippen LogP contribution >= 0.6 is 0 Å². The van der Waals surface area contributed by atoms with Gasteiger partial charge in [-0.25, -0.2) is 4.79 Å². The molecule has 2 rings (SSSR count). The van der Waals surface area contributed by atoms with Crippen LogP contribution in [0.3, 0.4) is 0 Å². The van der Waals surface area contributed by atoms with Crippen molar-refractivity contribution in [2.75, 3.05) is 6.61 Å². The first-order valence-electron chi connectivity index (χ1n) is 8.16. The van der Waals surface area contributed by atoms with E-state index in [9.17, 15) is 4.79 Å². The van der Waals surface area contributed by atoms with E-state index in [1.165, 1.54) is 44.1 Å². The van der Waals surface area contributed by atoms with E-state index in [-0.39, 0.29) is 5.97 Å². The smallest absolute Gasteiger partial charge is 0.331 e. The minimum atomic E-state index is -0.261. The maximum absolute atomic E-state index is 11.5. The highest BCUT2D eigenvalue weighted by atomic mass is 16.5. The molecule has 1 saturated carbocycles. The Morgan fingerprint density at radius 1 is 1.14 bits per heavy atom. The lowest BCUT2D eigenvalue weighted by atomic mass is 9.90. The molecule has 114 valence electrons. The lowest BCUT2D eigenvalue weighted by Gasteiger charge is -2.15. The van der Waals surface area contributed by atoms with Crippen LogP contribution in [0.15, 0.2) is 30.3 Å². The van der Waals surface area contributed by atoms with Crippen LogP contribution in [0.2, 0.25) is 0 Å². The first-order chi connectivity index (χ1) is 10.2. The summed E-state index contributed by atoms with van der Waals surface area (Å²) >= 11 is 0. The normalized spacial score (nSPS) is 17.3. The highest BCUT2D eigenvalue weighted by Crippen LogP contribution is 2.32. The Bertz CT molecular complexity index is 477. The summed E-state index contributed by atoms with van der Waals surface area (Å²) in [6, 6.07) is 8.72. The zero-order chi connectivity index (χ0) is 15.1. The Hall–Kier alpha value is -1.57. The van der Waals surface area contributed by atoms with Gasteiger partial charge in [0.1, 0.15) is 0 Å². The topological polar surface area (TPSA) is 26.3 Å². The molecule has 1 aromatic carbocycles. The highest BCUT2D eigenvalue weighted by Gasteiger charge is 2.14. The average molecular weight is 286 g/mol. The van der Waals surface area contributed by atoms with Crippen LogP contribution in [0.5, 0.6) is 0 Å². The van der Waals surface area contributed by atoms with Gasteiger partial charge in [-0.2, -0.15) is 0 Å². The van der Waals surface area contributed by atoms with Gasteiger partial charge in [0, 0.05) is 6.08 Å². The summed E-state index contributed by atoms with van der Waals surface area (Å²) in [5, 5.41) is 0. The molecular weight excluding hydrogens is 260 g/mol.